The molecule has 0 saturated heterocycles. The summed E-state index contributed by atoms with van der Waals surface area (Å²) in [5, 5.41) is 1.09. The molecule has 6 heteroatoms. The summed E-state index contributed by atoms with van der Waals surface area (Å²) in [6.07, 6.45) is 0. The van der Waals surface area contributed by atoms with Crippen molar-refractivity contribution in [2.45, 2.75) is 20.1 Å². The minimum Gasteiger partial charge on any atom is -0.496 e. The molecule has 1 aromatic heterocycles. The topological polar surface area (TPSA) is 74.6 Å². The molecular weight excluding hydrogens is 394 g/mol. The number of benzene rings is 3. The van der Waals surface area contributed by atoms with Gasteiger partial charge in [-0.25, -0.2) is 0 Å². The maximum absolute atomic E-state index is 12.8. The highest BCUT2D eigenvalue weighted by Gasteiger charge is 2.15. The Hall–Kier alpha value is -3.93. The van der Waals surface area contributed by atoms with Gasteiger partial charge in [0.25, 0.3) is 0 Å². The van der Waals surface area contributed by atoms with Crippen molar-refractivity contribution in [1.82, 2.24) is 4.57 Å². The summed E-state index contributed by atoms with van der Waals surface area (Å²) in [5.74, 6) is -0.00674. The lowest BCUT2D eigenvalue weighted by molar-refractivity contribution is -0.145. The zero-order chi connectivity index (χ0) is 22.0. The van der Waals surface area contributed by atoms with E-state index >= 15 is 0 Å². The van der Waals surface area contributed by atoms with Crippen LogP contribution in [0.25, 0.3) is 21.8 Å². The van der Waals surface area contributed by atoms with E-state index in [9.17, 15) is 14.4 Å². The van der Waals surface area contributed by atoms with Gasteiger partial charge in [-0.2, -0.15) is 0 Å². The summed E-state index contributed by atoms with van der Waals surface area (Å²) >= 11 is 0. The number of esters is 1. The number of hydrogen-bond acceptors (Lipinski definition) is 5. The van der Waals surface area contributed by atoms with Crippen LogP contribution >= 0.6 is 0 Å². The predicted molar refractivity (Wildman–Crippen MR) is 119 cm³/mol. The highest BCUT2D eigenvalue weighted by atomic mass is 16.5. The van der Waals surface area contributed by atoms with Crippen molar-refractivity contribution < 1.29 is 19.1 Å². The molecule has 0 unspecified atom stereocenters. The average molecular weight is 415 g/mol. The first kappa shape index (κ1) is 20.3. The van der Waals surface area contributed by atoms with Crippen molar-refractivity contribution in [3.05, 3.63) is 88.1 Å². The molecule has 4 rings (SSSR count). The van der Waals surface area contributed by atoms with Gasteiger partial charge in [0.2, 0.25) is 0 Å². The molecule has 6 nitrogen and oxygen atoms in total. The number of Topliss-reactive ketones (excluding diaryl/α,β-unsaturated/α-hetero) is 1. The maximum Gasteiger partial charge on any atom is 0.326 e. The molecule has 0 atom stereocenters. The van der Waals surface area contributed by atoms with Crippen LogP contribution in [0.5, 0.6) is 5.75 Å². The number of pyridine rings is 1. The van der Waals surface area contributed by atoms with Gasteiger partial charge in [-0.3, -0.25) is 14.4 Å². The summed E-state index contributed by atoms with van der Waals surface area (Å²) in [6, 6.07) is 19.4. The van der Waals surface area contributed by atoms with E-state index in [1.165, 1.54) is 14.0 Å². The normalized spacial score (nSPS) is 10.9. The van der Waals surface area contributed by atoms with E-state index in [0.717, 1.165) is 0 Å². The molecule has 0 fully saturated rings. The molecule has 1 heterocycles. The smallest absolute Gasteiger partial charge is 0.326 e. The molecule has 0 aliphatic carbocycles. The number of rotatable bonds is 6. The average Bonchev–Trinajstić information content (AvgIpc) is 2.80. The third kappa shape index (κ3) is 3.92. The molecule has 31 heavy (non-hydrogen) atoms. The molecule has 0 aliphatic rings. The molecule has 0 spiro atoms. The van der Waals surface area contributed by atoms with Crippen LogP contribution in [-0.4, -0.2) is 23.4 Å². The van der Waals surface area contributed by atoms with Crippen molar-refractivity contribution in [3.8, 4) is 5.75 Å². The van der Waals surface area contributed by atoms with Crippen LogP contribution in [0, 0.1) is 0 Å². The zero-order valence-electron chi connectivity index (χ0n) is 17.3. The van der Waals surface area contributed by atoms with Crippen LogP contribution in [0.3, 0.4) is 0 Å². The fourth-order valence-electron chi connectivity index (χ4n) is 3.69. The second-order valence-corrected chi connectivity index (χ2v) is 7.19. The van der Waals surface area contributed by atoms with Gasteiger partial charge in [0, 0.05) is 21.9 Å². The fourth-order valence-corrected chi connectivity index (χ4v) is 3.69. The van der Waals surface area contributed by atoms with Crippen LogP contribution in [-0.2, 0) is 22.7 Å². The van der Waals surface area contributed by atoms with E-state index in [1.807, 2.05) is 24.3 Å². The number of para-hydroxylation sites is 2. The third-order valence-corrected chi connectivity index (χ3v) is 5.24. The fraction of sp³-hybridized carbons (Fsp3) is 0.160. The minimum atomic E-state index is -0.464. The van der Waals surface area contributed by atoms with Crippen LogP contribution in [0.15, 0.2) is 71.5 Å². The number of fused-ring (bicyclic) bond motifs is 2. The summed E-state index contributed by atoms with van der Waals surface area (Å²) in [6.45, 7) is 1.39. The Morgan fingerprint density at radius 2 is 1.52 bits per heavy atom. The number of ketones is 1. The quantitative estimate of drug-likeness (QED) is 0.269. The highest BCUT2D eigenvalue weighted by Crippen LogP contribution is 2.22. The van der Waals surface area contributed by atoms with Gasteiger partial charge >= 0.3 is 5.97 Å². The molecule has 156 valence electrons. The van der Waals surface area contributed by atoms with Crippen LogP contribution < -0.4 is 10.2 Å². The number of hydrogen-bond donors (Lipinski definition) is 0. The summed E-state index contributed by atoms with van der Waals surface area (Å²) in [4.78, 5) is 37.2. The standard InChI is InChI=1S/C25H21NO5/c1-16(27)17-11-12-23(30-2)18(13-17)15-31-24(28)14-26-21-9-5-3-7-19(21)25(29)20-8-4-6-10-22(20)26/h3-13H,14-15H2,1-2H3. The van der Waals surface area contributed by atoms with Crippen molar-refractivity contribution in [1.29, 1.82) is 0 Å². The van der Waals surface area contributed by atoms with Crippen molar-refractivity contribution in [2.24, 2.45) is 0 Å². The maximum atomic E-state index is 12.8. The summed E-state index contributed by atoms with van der Waals surface area (Å²) in [5.41, 5.74) is 2.39. The summed E-state index contributed by atoms with van der Waals surface area (Å²) in [7, 11) is 1.52. The second kappa shape index (κ2) is 8.44. The molecule has 0 saturated carbocycles. The Balaban J connectivity index is 1.65. The lowest BCUT2D eigenvalue weighted by atomic mass is 10.1. The van der Waals surface area contributed by atoms with E-state index in [-0.39, 0.29) is 24.4 Å². The Bertz CT molecular complexity index is 1310. The first-order chi connectivity index (χ1) is 15.0. The Morgan fingerprint density at radius 1 is 0.903 bits per heavy atom. The van der Waals surface area contributed by atoms with E-state index in [4.69, 9.17) is 9.47 Å². The number of carbonyl (C=O) groups is 2. The zero-order valence-corrected chi connectivity index (χ0v) is 17.3. The number of carbonyl (C=O) groups excluding carboxylic acids is 2. The van der Waals surface area contributed by atoms with Crippen molar-refractivity contribution in [2.75, 3.05) is 7.11 Å². The van der Waals surface area contributed by atoms with E-state index in [2.05, 4.69) is 0 Å². The van der Waals surface area contributed by atoms with Gasteiger partial charge in [-0.15, -0.1) is 0 Å². The highest BCUT2D eigenvalue weighted by molar-refractivity contribution is 5.95. The van der Waals surface area contributed by atoms with Crippen molar-refractivity contribution >= 4 is 33.6 Å². The Kier molecular flexibility index (Phi) is 5.54. The molecule has 0 amide bonds. The van der Waals surface area contributed by atoms with Gasteiger partial charge in [-0.1, -0.05) is 24.3 Å². The monoisotopic (exact) mass is 415 g/mol. The first-order valence-corrected chi connectivity index (χ1v) is 9.83. The van der Waals surface area contributed by atoms with Gasteiger partial charge in [-0.05, 0) is 49.4 Å². The largest absolute Gasteiger partial charge is 0.496 e. The molecule has 0 aliphatic heterocycles. The molecular formula is C25H21NO5. The van der Waals surface area contributed by atoms with Crippen LogP contribution in [0.4, 0.5) is 0 Å². The van der Waals surface area contributed by atoms with E-state index < -0.39 is 5.97 Å². The molecule has 4 aromatic rings. The molecule has 0 bridgehead atoms. The second-order valence-electron chi connectivity index (χ2n) is 7.19. The predicted octanol–water partition coefficient (Wildman–Crippen LogP) is 4.11. The minimum absolute atomic E-state index is 0.0286. The number of methoxy groups -OCH3 is 1. The van der Waals surface area contributed by atoms with Gasteiger partial charge in [0.1, 0.15) is 18.9 Å². The number of aromatic nitrogens is 1. The van der Waals surface area contributed by atoms with Crippen LogP contribution in [0.1, 0.15) is 22.8 Å². The summed E-state index contributed by atoms with van der Waals surface area (Å²) < 4.78 is 12.6. The Morgan fingerprint density at radius 3 is 2.10 bits per heavy atom. The molecule has 3 aromatic carbocycles. The number of nitrogens with zero attached hydrogens (tertiary/aromatic N) is 1. The number of ether oxygens (including phenoxy) is 2. The van der Waals surface area contributed by atoms with E-state index in [1.54, 1.807) is 47.0 Å². The van der Waals surface area contributed by atoms with Gasteiger partial charge < -0.3 is 14.0 Å². The lowest BCUT2D eigenvalue weighted by Gasteiger charge is -2.15. The SMILES string of the molecule is COc1ccc(C(C)=O)cc1COC(=O)Cn1c2ccccc2c(=O)c2ccccc21. The van der Waals surface area contributed by atoms with Crippen LogP contribution in [0.2, 0.25) is 0 Å². The molecule has 0 N–H and O–H groups in total. The van der Waals surface area contributed by atoms with Crippen molar-refractivity contribution in [3.63, 3.8) is 0 Å². The molecule has 0 radical (unpaired) electrons. The first-order valence-electron chi connectivity index (χ1n) is 9.83. The van der Waals surface area contributed by atoms with Gasteiger partial charge in [0.15, 0.2) is 11.2 Å². The Labute approximate surface area is 178 Å². The third-order valence-electron chi connectivity index (χ3n) is 5.24. The lowest BCUT2D eigenvalue weighted by Crippen LogP contribution is -2.18. The van der Waals surface area contributed by atoms with Gasteiger partial charge in [0.05, 0.1) is 18.1 Å². The van der Waals surface area contributed by atoms with E-state index in [0.29, 0.717) is 38.7 Å².